The molecule has 34 heavy (non-hydrogen) atoms. The number of carbonyl (C=O) groups excluding carboxylic acids is 1. The number of aromatic nitrogens is 5. The number of hydrogen-bond acceptors (Lipinski definition) is 6. The summed E-state index contributed by atoms with van der Waals surface area (Å²) in [4.78, 5) is 25.8. The molecule has 8 heteroatoms. The lowest BCUT2D eigenvalue weighted by Gasteiger charge is -2.22. The third-order valence-electron chi connectivity index (χ3n) is 6.43. The number of nitrogen functional groups attached to an aromatic ring is 1. The van der Waals surface area contributed by atoms with Crippen LogP contribution in [0.2, 0.25) is 0 Å². The van der Waals surface area contributed by atoms with Crippen molar-refractivity contribution in [1.29, 1.82) is 0 Å². The highest BCUT2D eigenvalue weighted by molar-refractivity contribution is 6.01. The second-order valence-electron chi connectivity index (χ2n) is 8.85. The van der Waals surface area contributed by atoms with Crippen LogP contribution in [-0.4, -0.2) is 30.6 Å². The Balaban J connectivity index is 1.31. The number of nitrogens with one attached hydrogen (secondary N) is 1. The summed E-state index contributed by atoms with van der Waals surface area (Å²) < 4.78 is 1.84. The molecule has 5 rings (SSSR count). The average molecular weight is 454 g/mol. The lowest BCUT2D eigenvalue weighted by atomic mass is 9.84. The van der Waals surface area contributed by atoms with E-state index in [1.807, 2.05) is 43.0 Å². The van der Waals surface area contributed by atoms with Crippen LogP contribution >= 0.6 is 0 Å². The van der Waals surface area contributed by atoms with Crippen LogP contribution in [-0.2, 0) is 11.8 Å². The molecule has 8 nitrogen and oxygen atoms in total. The van der Waals surface area contributed by atoms with Gasteiger partial charge in [-0.2, -0.15) is 5.10 Å². The average Bonchev–Trinajstić information content (AvgIpc) is 3.26. The van der Waals surface area contributed by atoms with Crippen molar-refractivity contribution in [3.63, 3.8) is 0 Å². The fourth-order valence-electron chi connectivity index (χ4n) is 4.54. The molecule has 4 aromatic heterocycles. The summed E-state index contributed by atoms with van der Waals surface area (Å²) in [6.45, 7) is 2.01. The van der Waals surface area contributed by atoms with Crippen molar-refractivity contribution in [2.75, 3.05) is 11.1 Å². The summed E-state index contributed by atoms with van der Waals surface area (Å²) in [6, 6.07) is 7.80. The number of amides is 1. The maximum Gasteiger partial charge on any atom is 0.249 e. The molecule has 0 aromatic carbocycles. The zero-order chi connectivity index (χ0) is 23.7. The van der Waals surface area contributed by atoms with E-state index in [1.165, 1.54) is 0 Å². The van der Waals surface area contributed by atoms with Gasteiger partial charge in [0.1, 0.15) is 11.6 Å². The van der Waals surface area contributed by atoms with Gasteiger partial charge in [-0.25, -0.2) is 9.97 Å². The van der Waals surface area contributed by atoms with Crippen molar-refractivity contribution < 1.29 is 4.79 Å². The summed E-state index contributed by atoms with van der Waals surface area (Å²) in [6.07, 6.45) is 12.7. The van der Waals surface area contributed by atoms with Crippen molar-refractivity contribution in [2.45, 2.75) is 38.5 Å². The van der Waals surface area contributed by atoms with Crippen LogP contribution in [0.4, 0.5) is 11.6 Å². The first-order valence-corrected chi connectivity index (χ1v) is 11.4. The summed E-state index contributed by atoms with van der Waals surface area (Å²) >= 11 is 0. The number of nitrogens with two attached hydrogens (primary N) is 1. The molecule has 0 aliphatic heterocycles. The molecule has 0 radical (unpaired) electrons. The van der Waals surface area contributed by atoms with E-state index in [-0.39, 0.29) is 5.91 Å². The molecule has 1 fully saturated rings. The third-order valence-corrected chi connectivity index (χ3v) is 6.43. The first-order valence-electron chi connectivity index (χ1n) is 11.4. The maximum absolute atomic E-state index is 12.7. The Morgan fingerprint density at radius 3 is 2.76 bits per heavy atom. The van der Waals surface area contributed by atoms with Crippen LogP contribution in [0, 0.1) is 6.92 Å². The normalized spacial score (nSPS) is 15.9. The maximum atomic E-state index is 12.7. The molecule has 0 bridgehead atoms. The molecule has 3 N–H and O–H groups in total. The minimum absolute atomic E-state index is 0.163. The SMILES string of the molecule is Cc1ccncc1-c1cc2cc(NC(=O)C=C3CCC(c4ccn(C)n4)CC3)ncc2c(N)n1. The van der Waals surface area contributed by atoms with Gasteiger partial charge in [-0.15, -0.1) is 0 Å². The van der Waals surface area contributed by atoms with Gasteiger partial charge in [0.25, 0.3) is 0 Å². The largest absolute Gasteiger partial charge is 0.383 e. The second kappa shape index (κ2) is 9.05. The van der Waals surface area contributed by atoms with Gasteiger partial charge in [-0.05, 0) is 67.8 Å². The topological polar surface area (TPSA) is 112 Å². The fourth-order valence-corrected chi connectivity index (χ4v) is 4.54. The Morgan fingerprint density at radius 2 is 2.03 bits per heavy atom. The highest BCUT2D eigenvalue weighted by atomic mass is 16.1. The second-order valence-corrected chi connectivity index (χ2v) is 8.85. The Bertz CT molecular complexity index is 1400. The third kappa shape index (κ3) is 4.52. The minimum Gasteiger partial charge on any atom is -0.383 e. The number of anilines is 2. The van der Waals surface area contributed by atoms with Crippen molar-refractivity contribution in [3.8, 4) is 11.3 Å². The van der Waals surface area contributed by atoms with Gasteiger partial charge in [0.05, 0.1) is 11.4 Å². The summed E-state index contributed by atoms with van der Waals surface area (Å²) in [5, 5.41) is 9.04. The number of rotatable bonds is 4. The monoisotopic (exact) mass is 453 g/mol. The molecule has 1 amide bonds. The Kier molecular flexibility index (Phi) is 5.79. The Labute approximate surface area is 197 Å². The van der Waals surface area contributed by atoms with Crippen LogP contribution in [0.1, 0.15) is 42.9 Å². The first kappa shape index (κ1) is 21.8. The number of hydrogen-bond donors (Lipinski definition) is 2. The highest BCUT2D eigenvalue weighted by Crippen LogP contribution is 2.34. The summed E-state index contributed by atoms with van der Waals surface area (Å²) in [5.74, 6) is 1.17. The van der Waals surface area contributed by atoms with Gasteiger partial charge in [-0.1, -0.05) is 5.57 Å². The summed E-state index contributed by atoms with van der Waals surface area (Å²) in [7, 11) is 1.94. The molecule has 1 aliphatic rings. The van der Waals surface area contributed by atoms with Gasteiger partial charge in [0, 0.05) is 54.8 Å². The van der Waals surface area contributed by atoms with Crippen molar-refractivity contribution in [1.82, 2.24) is 24.7 Å². The van der Waals surface area contributed by atoms with Crippen molar-refractivity contribution in [3.05, 3.63) is 72.0 Å². The molecular formula is C26H27N7O. The number of carbonyl (C=O) groups is 1. The van der Waals surface area contributed by atoms with E-state index in [9.17, 15) is 4.79 Å². The van der Waals surface area contributed by atoms with Crippen molar-refractivity contribution >= 4 is 28.3 Å². The molecule has 0 unspecified atom stereocenters. The van der Waals surface area contributed by atoms with E-state index in [1.54, 1.807) is 24.7 Å². The number of allylic oxidation sites excluding steroid dienone is 1. The Morgan fingerprint density at radius 1 is 1.21 bits per heavy atom. The van der Waals surface area contributed by atoms with E-state index in [4.69, 9.17) is 5.73 Å². The van der Waals surface area contributed by atoms with Crippen LogP contribution in [0.25, 0.3) is 22.0 Å². The van der Waals surface area contributed by atoms with Gasteiger partial charge >= 0.3 is 0 Å². The molecule has 0 spiro atoms. The predicted molar refractivity (Wildman–Crippen MR) is 133 cm³/mol. The standard InChI is InChI=1S/C26H27N7O/c1-16-7-9-28-14-20(16)23-12-19-13-24(29-15-21(19)26(27)30-23)31-25(34)11-17-3-5-18(6-4-17)22-8-10-33(2)32-22/h7-15,18H,3-6H2,1-2H3,(H2,27,30)(H,29,31,34). The number of aryl methyl sites for hydroxylation is 2. The molecule has 0 atom stereocenters. The van der Waals surface area contributed by atoms with Crippen LogP contribution in [0.5, 0.6) is 0 Å². The molecular weight excluding hydrogens is 426 g/mol. The molecule has 4 heterocycles. The predicted octanol–water partition coefficient (Wildman–Crippen LogP) is 4.54. The van der Waals surface area contributed by atoms with Crippen LogP contribution in [0.15, 0.2) is 60.7 Å². The molecule has 1 aliphatic carbocycles. The van der Waals surface area contributed by atoms with E-state index in [2.05, 4.69) is 31.4 Å². The van der Waals surface area contributed by atoms with E-state index >= 15 is 0 Å². The van der Waals surface area contributed by atoms with E-state index in [0.29, 0.717) is 17.6 Å². The van der Waals surface area contributed by atoms with Gasteiger partial charge < -0.3 is 11.1 Å². The minimum atomic E-state index is -0.163. The van der Waals surface area contributed by atoms with Crippen LogP contribution < -0.4 is 11.1 Å². The Hall–Kier alpha value is -4.07. The zero-order valence-electron chi connectivity index (χ0n) is 19.3. The van der Waals surface area contributed by atoms with Crippen LogP contribution in [0.3, 0.4) is 0 Å². The fraction of sp³-hybridized carbons (Fsp3) is 0.269. The number of pyridine rings is 3. The number of fused-ring (bicyclic) bond motifs is 1. The quantitative estimate of drug-likeness (QED) is 0.439. The first-order chi connectivity index (χ1) is 16.5. The molecule has 1 saturated carbocycles. The van der Waals surface area contributed by atoms with E-state index < -0.39 is 0 Å². The smallest absolute Gasteiger partial charge is 0.249 e. The molecule has 4 aromatic rings. The van der Waals surface area contributed by atoms with Gasteiger partial charge in [0.15, 0.2) is 0 Å². The zero-order valence-corrected chi connectivity index (χ0v) is 19.3. The molecule has 172 valence electrons. The lowest BCUT2D eigenvalue weighted by Crippen LogP contribution is -2.13. The van der Waals surface area contributed by atoms with Gasteiger partial charge in [0.2, 0.25) is 5.91 Å². The van der Waals surface area contributed by atoms with Gasteiger partial charge in [-0.3, -0.25) is 14.5 Å². The summed E-state index contributed by atoms with van der Waals surface area (Å²) in [5.41, 5.74) is 11.2. The van der Waals surface area contributed by atoms with Crippen molar-refractivity contribution in [2.24, 2.45) is 7.05 Å². The highest BCUT2D eigenvalue weighted by Gasteiger charge is 2.21. The molecule has 0 saturated heterocycles. The lowest BCUT2D eigenvalue weighted by molar-refractivity contribution is -0.112. The number of nitrogens with zero attached hydrogens (tertiary/aromatic N) is 5. The van der Waals surface area contributed by atoms with E-state index in [0.717, 1.165) is 64.5 Å².